The number of hydrogen-bond acceptors (Lipinski definition) is 6. The third kappa shape index (κ3) is 6.17. The molecule has 0 spiro atoms. The molecule has 0 saturated heterocycles. The topological polar surface area (TPSA) is 129 Å². The zero-order chi connectivity index (χ0) is 28.5. The second kappa shape index (κ2) is 10.6. The highest BCUT2D eigenvalue weighted by Gasteiger charge is 2.33. The van der Waals surface area contributed by atoms with Crippen LogP contribution in [0.25, 0.3) is 10.9 Å². The second-order valence-corrected chi connectivity index (χ2v) is 12.9. The van der Waals surface area contributed by atoms with Crippen molar-refractivity contribution in [3.63, 3.8) is 0 Å². The Morgan fingerprint density at radius 3 is 2.44 bits per heavy atom. The maximum absolute atomic E-state index is 13.1. The number of rotatable bonds is 8. The molecule has 0 radical (unpaired) electrons. The Hall–Kier alpha value is -4.05. The molecular weight excluding hydrogens is 514 g/mol. The molecule has 4 rings (SSSR count). The molecule has 2 heterocycles. The Labute approximate surface area is 230 Å². The molecule has 0 bridgehead atoms. The Morgan fingerprint density at radius 1 is 1.05 bits per heavy atom. The van der Waals surface area contributed by atoms with Gasteiger partial charge in [0.1, 0.15) is 16.2 Å². The third-order valence-corrected chi connectivity index (χ3v) is 8.13. The molecular formula is C29H33N5O4S. The minimum absolute atomic E-state index is 0.143. The summed E-state index contributed by atoms with van der Waals surface area (Å²) in [7, 11) is -1.67. The molecule has 2 aromatic carbocycles. The van der Waals surface area contributed by atoms with Crippen molar-refractivity contribution in [2.45, 2.75) is 63.1 Å². The molecule has 0 saturated carbocycles. The summed E-state index contributed by atoms with van der Waals surface area (Å²) in [5.74, 6) is 0.353. The van der Waals surface area contributed by atoms with Crippen LogP contribution in [0.4, 0.5) is 5.69 Å². The summed E-state index contributed by atoms with van der Waals surface area (Å²) >= 11 is 0. The molecule has 39 heavy (non-hydrogen) atoms. The fourth-order valence-electron chi connectivity index (χ4n) is 3.89. The molecule has 0 aliphatic rings. The van der Waals surface area contributed by atoms with E-state index in [9.17, 15) is 13.8 Å². The lowest BCUT2D eigenvalue weighted by Gasteiger charge is -2.20. The van der Waals surface area contributed by atoms with Gasteiger partial charge in [-0.1, -0.05) is 12.1 Å². The first-order valence-corrected chi connectivity index (χ1v) is 13.6. The molecule has 1 atom stereocenters. The summed E-state index contributed by atoms with van der Waals surface area (Å²) in [5, 5.41) is 7.86. The van der Waals surface area contributed by atoms with E-state index in [1.807, 2.05) is 52.1 Å². The van der Waals surface area contributed by atoms with E-state index in [1.165, 1.54) is 0 Å². The van der Waals surface area contributed by atoms with Crippen LogP contribution < -0.4 is 15.8 Å². The van der Waals surface area contributed by atoms with E-state index in [2.05, 4.69) is 15.4 Å². The van der Waals surface area contributed by atoms with Gasteiger partial charge in [0.25, 0.3) is 0 Å². The number of carbonyl (C=O) groups is 2. The maximum Gasteiger partial charge on any atom is 0.236 e. The van der Waals surface area contributed by atoms with Crippen LogP contribution in [0.2, 0.25) is 0 Å². The van der Waals surface area contributed by atoms with Crippen molar-refractivity contribution in [3.05, 3.63) is 72.2 Å². The van der Waals surface area contributed by atoms with E-state index in [-0.39, 0.29) is 17.9 Å². The van der Waals surface area contributed by atoms with Gasteiger partial charge in [-0.3, -0.25) is 23.5 Å². The number of nitrogens with zero attached hydrogens (tertiary/aromatic N) is 3. The lowest BCUT2D eigenvalue weighted by molar-refractivity contribution is -0.119. The number of pyridine rings is 1. The molecule has 2 amide bonds. The van der Waals surface area contributed by atoms with Gasteiger partial charge in [-0.2, -0.15) is 5.10 Å². The van der Waals surface area contributed by atoms with Crippen LogP contribution in [0.3, 0.4) is 0 Å². The molecule has 3 N–H and O–H groups in total. The molecule has 204 valence electrons. The number of ether oxygens (including phenoxy) is 1. The van der Waals surface area contributed by atoms with E-state index in [4.69, 9.17) is 10.5 Å². The number of nitrogens with two attached hydrogens (primary N) is 1. The number of aromatic nitrogens is 3. The number of nitrogens with one attached hydrogen (secondary N) is 1. The highest BCUT2D eigenvalue weighted by atomic mass is 32.2. The molecule has 9 nitrogen and oxygen atoms in total. The quantitative estimate of drug-likeness (QED) is 0.325. The Bertz CT molecular complexity index is 1590. The number of primary amides is 1. The van der Waals surface area contributed by atoms with E-state index in [0.717, 1.165) is 11.1 Å². The zero-order valence-corrected chi connectivity index (χ0v) is 23.8. The molecule has 10 heteroatoms. The second-order valence-electron chi connectivity index (χ2n) is 10.9. The Kier molecular flexibility index (Phi) is 7.61. The van der Waals surface area contributed by atoms with Crippen LogP contribution in [-0.4, -0.2) is 35.5 Å². The van der Waals surface area contributed by atoms with Gasteiger partial charge in [0.15, 0.2) is 0 Å². The van der Waals surface area contributed by atoms with Crippen molar-refractivity contribution >= 4 is 39.2 Å². The van der Waals surface area contributed by atoms with Gasteiger partial charge in [-0.05, 0) is 83.0 Å². The van der Waals surface area contributed by atoms with Crippen LogP contribution in [0.5, 0.6) is 11.5 Å². The maximum atomic E-state index is 13.1. The first kappa shape index (κ1) is 28.0. The monoisotopic (exact) mass is 547 g/mol. The van der Waals surface area contributed by atoms with Gasteiger partial charge >= 0.3 is 0 Å². The van der Waals surface area contributed by atoms with Gasteiger partial charge < -0.3 is 15.8 Å². The standard InChI is InChI=1S/C29H33N5O4S/c1-18-13-19(14-26(35)33-20-16-32-34(17-20)28(2,3)4)7-10-24(18)38-25-11-12-31-23-9-8-21(15-22(23)25)39(37)29(5,6)27(30)36/h7-13,15-17H,14H2,1-6H3,(H2,30,36)(H,33,35). The molecule has 2 aromatic heterocycles. The van der Waals surface area contributed by atoms with Gasteiger partial charge in [0, 0.05) is 22.7 Å². The summed E-state index contributed by atoms with van der Waals surface area (Å²) < 4.78 is 19.9. The lowest BCUT2D eigenvalue weighted by atomic mass is 10.1. The minimum Gasteiger partial charge on any atom is -0.456 e. The van der Waals surface area contributed by atoms with Crippen molar-refractivity contribution in [1.82, 2.24) is 14.8 Å². The predicted octanol–water partition coefficient (Wildman–Crippen LogP) is 4.84. The lowest BCUT2D eigenvalue weighted by Crippen LogP contribution is -2.41. The van der Waals surface area contributed by atoms with E-state index >= 15 is 0 Å². The Morgan fingerprint density at radius 2 is 1.79 bits per heavy atom. The van der Waals surface area contributed by atoms with Gasteiger partial charge in [0.05, 0.1) is 40.2 Å². The zero-order valence-electron chi connectivity index (χ0n) is 22.9. The van der Waals surface area contributed by atoms with Crippen LogP contribution >= 0.6 is 0 Å². The summed E-state index contributed by atoms with van der Waals surface area (Å²) in [6.45, 7) is 11.1. The smallest absolute Gasteiger partial charge is 0.236 e. The van der Waals surface area contributed by atoms with Crippen molar-refractivity contribution < 1.29 is 18.5 Å². The molecule has 0 aliphatic carbocycles. The first-order chi connectivity index (χ1) is 18.3. The van der Waals surface area contributed by atoms with E-state index < -0.39 is 21.5 Å². The number of carbonyl (C=O) groups excluding carboxylic acids is 2. The third-order valence-electron chi connectivity index (χ3n) is 6.32. The molecule has 1 unspecified atom stereocenters. The van der Waals surface area contributed by atoms with Crippen molar-refractivity contribution in [3.8, 4) is 11.5 Å². The first-order valence-electron chi connectivity index (χ1n) is 12.5. The summed E-state index contributed by atoms with van der Waals surface area (Å²) in [4.78, 5) is 29.3. The van der Waals surface area contributed by atoms with Crippen LogP contribution in [-0.2, 0) is 32.3 Å². The molecule has 4 aromatic rings. The fraction of sp³-hybridized carbons (Fsp3) is 0.310. The summed E-state index contributed by atoms with van der Waals surface area (Å²) in [5.41, 5.74) is 8.29. The van der Waals surface area contributed by atoms with Gasteiger partial charge in [-0.25, -0.2) is 0 Å². The van der Waals surface area contributed by atoms with Gasteiger partial charge in [-0.15, -0.1) is 0 Å². The highest BCUT2D eigenvalue weighted by Crippen LogP contribution is 2.33. The van der Waals surface area contributed by atoms with Crippen molar-refractivity contribution in [2.24, 2.45) is 5.73 Å². The van der Waals surface area contributed by atoms with Crippen LogP contribution in [0, 0.1) is 6.92 Å². The summed E-state index contributed by atoms with van der Waals surface area (Å²) in [6, 6.07) is 12.4. The number of anilines is 1. The number of hydrogen-bond donors (Lipinski definition) is 2. The van der Waals surface area contributed by atoms with Crippen LogP contribution in [0.15, 0.2) is 66.0 Å². The minimum atomic E-state index is -1.67. The summed E-state index contributed by atoms with van der Waals surface area (Å²) in [6.07, 6.45) is 5.29. The average molecular weight is 548 g/mol. The number of fused-ring (bicyclic) bond motifs is 1. The Balaban J connectivity index is 1.52. The highest BCUT2D eigenvalue weighted by molar-refractivity contribution is 7.87. The number of amides is 2. The normalized spacial score (nSPS) is 12.8. The number of benzene rings is 2. The molecule has 0 aliphatic heterocycles. The van der Waals surface area contributed by atoms with Crippen molar-refractivity contribution in [1.29, 1.82) is 0 Å². The van der Waals surface area contributed by atoms with E-state index in [0.29, 0.717) is 33.0 Å². The number of aryl methyl sites for hydroxylation is 1. The average Bonchev–Trinajstić information content (AvgIpc) is 3.34. The predicted molar refractivity (Wildman–Crippen MR) is 152 cm³/mol. The largest absolute Gasteiger partial charge is 0.456 e. The van der Waals surface area contributed by atoms with Crippen LogP contribution in [0.1, 0.15) is 45.7 Å². The van der Waals surface area contributed by atoms with Gasteiger partial charge in [0.2, 0.25) is 11.8 Å². The van der Waals surface area contributed by atoms with E-state index in [1.54, 1.807) is 55.2 Å². The molecule has 0 fully saturated rings. The van der Waals surface area contributed by atoms with Crippen molar-refractivity contribution in [2.75, 3.05) is 5.32 Å². The fourth-order valence-corrected chi connectivity index (χ4v) is 5.08. The SMILES string of the molecule is Cc1cc(CC(=O)Nc2cnn(C(C)(C)C)c2)ccc1Oc1ccnc2ccc(S(=O)C(C)(C)C(N)=O)cc12.